The van der Waals surface area contributed by atoms with Gasteiger partial charge in [-0.05, 0) is 36.2 Å². The summed E-state index contributed by atoms with van der Waals surface area (Å²) >= 11 is 18.7. The zero-order chi connectivity index (χ0) is 22.9. The minimum absolute atomic E-state index is 0.138. The minimum Gasteiger partial charge on any atom is -0.481 e. The number of rotatable bonds is 7. The van der Waals surface area contributed by atoms with Crippen LogP contribution in [0.4, 0.5) is 5.69 Å². The van der Waals surface area contributed by atoms with E-state index in [1.165, 1.54) is 0 Å². The highest BCUT2D eigenvalue weighted by atomic mass is 35.5. The van der Waals surface area contributed by atoms with Crippen molar-refractivity contribution in [3.8, 4) is 0 Å². The zero-order valence-corrected chi connectivity index (χ0v) is 19.2. The Morgan fingerprint density at radius 3 is 2.42 bits per heavy atom. The standard InChI is InChI=1S/C22H21Cl3N2O4/c1-12-18(7-6-16(23)20(12)25)27(3)13(2)21(30)26-22(10-31-11-22)15-5-4-14(8-17(15)24)9-19(28)29/h4-8H,2,9-11H2,1,3H3,(H,26,30)(H,28,29). The van der Waals surface area contributed by atoms with Gasteiger partial charge in [-0.25, -0.2) is 0 Å². The Morgan fingerprint density at radius 1 is 1.19 bits per heavy atom. The number of carboxylic acid groups (broad SMARTS) is 1. The molecule has 1 heterocycles. The molecule has 1 saturated heterocycles. The average molecular weight is 484 g/mol. The second-order valence-corrected chi connectivity index (χ2v) is 8.62. The zero-order valence-electron chi connectivity index (χ0n) is 17.0. The maximum atomic E-state index is 13.0. The highest BCUT2D eigenvalue weighted by Gasteiger charge is 2.44. The molecule has 0 bridgehead atoms. The van der Waals surface area contributed by atoms with E-state index in [-0.39, 0.29) is 25.3 Å². The van der Waals surface area contributed by atoms with E-state index in [0.717, 1.165) is 5.56 Å². The lowest BCUT2D eigenvalue weighted by Gasteiger charge is -2.43. The first-order chi connectivity index (χ1) is 14.6. The number of ether oxygens (including phenoxy) is 1. The number of benzene rings is 2. The van der Waals surface area contributed by atoms with Crippen molar-refractivity contribution in [2.75, 3.05) is 25.2 Å². The van der Waals surface area contributed by atoms with Crippen LogP contribution in [0.25, 0.3) is 0 Å². The fourth-order valence-electron chi connectivity index (χ4n) is 3.42. The van der Waals surface area contributed by atoms with Gasteiger partial charge in [-0.1, -0.05) is 53.5 Å². The summed E-state index contributed by atoms with van der Waals surface area (Å²) < 4.78 is 5.37. The van der Waals surface area contributed by atoms with Crippen LogP contribution < -0.4 is 10.2 Å². The van der Waals surface area contributed by atoms with Crippen LogP contribution >= 0.6 is 34.8 Å². The molecule has 0 aliphatic carbocycles. The first-order valence-electron chi connectivity index (χ1n) is 9.34. The van der Waals surface area contributed by atoms with Crippen LogP contribution in [0, 0.1) is 6.92 Å². The van der Waals surface area contributed by atoms with E-state index in [1.807, 2.05) is 6.92 Å². The minimum atomic E-state index is -0.948. The second kappa shape index (κ2) is 9.09. The van der Waals surface area contributed by atoms with Crippen molar-refractivity contribution < 1.29 is 19.4 Å². The van der Waals surface area contributed by atoms with Crippen molar-refractivity contribution >= 4 is 52.4 Å². The molecule has 9 heteroatoms. The maximum absolute atomic E-state index is 13.0. The molecule has 1 aliphatic rings. The summed E-state index contributed by atoms with van der Waals surface area (Å²) in [4.78, 5) is 25.6. The van der Waals surface area contributed by atoms with Gasteiger partial charge in [0.2, 0.25) is 0 Å². The molecular weight excluding hydrogens is 463 g/mol. The predicted molar refractivity (Wildman–Crippen MR) is 122 cm³/mol. The summed E-state index contributed by atoms with van der Waals surface area (Å²) in [5.74, 6) is -1.35. The topological polar surface area (TPSA) is 78.9 Å². The number of nitrogens with one attached hydrogen (secondary N) is 1. The summed E-state index contributed by atoms with van der Waals surface area (Å²) in [6.07, 6.45) is -0.138. The molecule has 0 unspecified atom stereocenters. The number of aliphatic carboxylic acids is 1. The fourth-order valence-corrected chi connectivity index (χ4v) is 4.17. The number of nitrogens with zero attached hydrogens (tertiary/aromatic N) is 1. The number of likely N-dealkylation sites (N-methyl/N-ethyl adjacent to an activating group) is 1. The molecule has 2 aromatic carbocycles. The molecule has 1 fully saturated rings. The van der Waals surface area contributed by atoms with Crippen molar-refractivity contribution in [1.29, 1.82) is 0 Å². The first-order valence-corrected chi connectivity index (χ1v) is 10.5. The van der Waals surface area contributed by atoms with Crippen LogP contribution in [0.15, 0.2) is 42.6 Å². The Kier molecular flexibility index (Phi) is 6.86. The maximum Gasteiger partial charge on any atom is 0.307 e. The van der Waals surface area contributed by atoms with E-state index in [0.29, 0.717) is 31.9 Å². The van der Waals surface area contributed by atoms with E-state index in [2.05, 4.69) is 11.9 Å². The number of halogens is 3. The average Bonchev–Trinajstić information content (AvgIpc) is 2.68. The molecular formula is C22H21Cl3N2O4. The lowest BCUT2D eigenvalue weighted by Crippen LogP contribution is -2.60. The number of carbonyl (C=O) groups is 2. The van der Waals surface area contributed by atoms with E-state index in [4.69, 9.17) is 44.6 Å². The van der Waals surface area contributed by atoms with Crippen LogP contribution in [-0.2, 0) is 26.3 Å². The van der Waals surface area contributed by atoms with Gasteiger partial charge < -0.3 is 20.1 Å². The Morgan fingerprint density at radius 2 is 1.87 bits per heavy atom. The highest BCUT2D eigenvalue weighted by Crippen LogP contribution is 2.36. The van der Waals surface area contributed by atoms with Crippen LogP contribution in [0.5, 0.6) is 0 Å². The second-order valence-electron chi connectivity index (χ2n) is 7.42. The van der Waals surface area contributed by atoms with Crippen molar-refractivity contribution in [2.24, 2.45) is 0 Å². The van der Waals surface area contributed by atoms with E-state index < -0.39 is 17.4 Å². The molecule has 6 nitrogen and oxygen atoms in total. The molecule has 2 aromatic rings. The Hall–Kier alpha value is -2.25. The molecule has 3 rings (SSSR count). The lowest BCUT2D eigenvalue weighted by atomic mass is 9.86. The van der Waals surface area contributed by atoms with Gasteiger partial charge in [0, 0.05) is 23.3 Å². The Labute approximate surface area is 195 Å². The molecule has 1 aliphatic heterocycles. The normalized spacial score (nSPS) is 14.5. The van der Waals surface area contributed by atoms with Crippen LogP contribution in [-0.4, -0.2) is 37.2 Å². The van der Waals surface area contributed by atoms with Gasteiger partial charge in [-0.3, -0.25) is 9.59 Å². The number of hydrogen-bond donors (Lipinski definition) is 2. The molecule has 0 saturated carbocycles. The van der Waals surface area contributed by atoms with Gasteiger partial charge in [-0.15, -0.1) is 0 Å². The van der Waals surface area contributed by atoms with Crippen LogP contribution in [0.2, 0.25) is 15.1 Å². The number of carboxylic acids is 1. The van der Waals surface area contributed by atoms with Crippen molar-refractivity contribution in [3.05, 3.63) is 74.4 Å². The summed E-state index contributed by atoms with van der Waals surface area (Å²) in [6, 6.07) is 8.42. The third-order valence-corrected chi connectivity index (χ3v) is 6.50. The van der Waals surface area contributed by atoms with Gasteiger partial charge in [0.1, 0.15) is 5.54 Å². The predicted octanol–water partition coefficient (Wildman–Crippen LogP) is 4.57. The van der Waals surface area contributed by atoms with Crippen molar-refractivity contribution in [1.82, 2.24) is 5.32 Å². The summed E-state index contributed by atoms with van der Waals surface area (Å²) in [5.41, 5.74) is 2.03. The number of amides is 1. The molecule has 164 valence electrons. The summed E-state index contributed by atoms with van der Waals surface area (Å²) in [5, 5.41) is 13.2. The third kappa shape index (κ3) is 4.67. The van der Waals surface area contributed by atoms with E-state index >= 15 is 0 Å². The fraction of sp³-hybridized carbons (Fsp3) is 0.273. The van der Waals surface area contributed by atoms with Gasteiger partial charge in [0.05, 0.1) is 35.4 Å². The SMILES string of the molecule is C=C(C(=O)NC1(c2ccc(CC(=O)O)cc2Cl)COC1)N(C)c1ccc(Cl)c(Cl)c1C. The smallest absolute Gasteiger partial charge is 0.307 e. The van der Waals surface area contributed by atoms with E-state index in [9.17, 15) is 9.59 Å². The molecule has 2 N–H and O–H groups in total. The van der Waals surface area contributed by atoms with Crippen molar-refractivity contribution in [3.63, 3.8) is 0 Å². The summed E-state index contributed by atoms with van der Waals surface area (Å²) in [6.45, 7) is 6.21. The van der Waals surface area contributed by atoms with Gasteiger partial charge >= 0.3 is 5.97 Å². The molecule has 0 radical (unpaired) electrons. The lowest BCUT2D eigenvalue weighted by molar-refractivity contribution is -0.136. The van der Waals surface area contributed by atoms with Crippen LogP contribution in [0.1, 0.15) is 16.7 Å². The summed E-state index contributed by atoms with van der Waals surface area (Å²) in [7, 11) is 1.71. The number of hydrogen-bond acceptors (Lipinski definition) is 4. The third-order valence-electron chi connectivity index (χ3n) is 5.29. The number of carbonyl (C=O) groups excluding carboxylic acids is 1. The number of anilines is 1. The van der Waals surface area contributed by atoms with Gasteiger partial charge in [0.15, 0.2) is 0 Å². The largest absolute Gasteiger partial charge is 0.481 e. The van der Waals surface area contributed by atoms with Gasteiger partial charge in [-0.2, -0.15) is 0 Å². The Bertz CT molecular complexity index is 1070. The molecule has 31 heavy (non-hydrogen) atoms. The molecule has 1 amide bonds. The quantitative estimate of drug-likeness (QED) is 0.564. The van der Waals surface area contributed by atoms with E-state index in [1.54, 1.807) is 42.3 Å². The first kappa shape index (κ1) is 23.4. The monoisotopic (exact) mass is 482 g/mol. The van der Waals surface area contributed by atoms with Crippen molar-refractivity contribution in [2.45, 2.75) is 18.9 Å². The van der Waals surface area contributed by atoms with Crippen LogP contribution in [0.3, 0.4) is 0 Å². The molecule has 0 spiro atoms. The van der Waals surface area contributed by atoms with Gasteiger partial charge in [0.25, 0.3) is 5.91 Å². The highest BCUT2D eigenvalue weighted by molar-refractivity contribution is 6.42. The Balaban J connectivity index is 1.82. The molecule has 0 atom stereocenters. The molecule has 0 aromatic heterocycles.